The lowest BCUT2D eigenvalue weighted by Gasteiger charge is -2.04. The number of methoxy groups -OCH3 is 1. The van der Waals surface area contributed by atoms with Crippen molar-refractivity contribution in [2.45, 2.75) is 13.8 Å². The van der Waals surface area contributed by atoms with Gasteiger partial charge in [-0.25, -0.2) is 4.79 Å². The Bertz CT molecular complexity index is 928. The Morgan fingerprint density at radius 1 is 0.957 bits per heavy atom. The predicted molar refractivity (Wildman–Crippen MR) is 93.9 cm³/mol. The van der Waals surface area contributed by atoms with Crippen molar-refractivity contribution < 1.29 is 9.15 Å². The lowest BCUT2D eigenvalue weighted by atomic mass is 10.0. The van der Waals surface area contributed by atoms with E-state index in [1.54, 1.807) is 19.2 Å². The topological polar surface area (TPSA) is 39.4 Å². The minimum absolute atomic E-state index is 0.359. The van der Waals surface area contributed by atoms with Gasteiger partial charge in [0.15, 0.2) is 0 Å². The summed E-state index contributed by atoms with van der Waals surface area (Å²) in [5.41, 5.74) is 4.54. The Kier molecular flexibility index (Phi) is 4.02. The van der Waals surface area contributed by atoms with Crippen LogP contribution in [0.4, 0.5) is 0 Å². The fourth-order valence-corrected chi connectivity index (χ4v) is 2.72. The van der Waals surface area contributed by atoms with Gasteiger partial charge in [-0.3, -0.25) is 0 Å². The largest absolute Gasteiger partial charge is 0.497 e. The van der Waals surface area contributed by atoms with Crippen LogP contribution < -0.4 is 10.4 Å². The number of rotatable bonds is 3. The number of fused-ring (bicyclic) bond motifs is 1. The summed E-state index contributed by atoms with van der Waals surface area (Å²) in [4.78, 5) is 11.7. The van der Waals surface area contributed by atoms with Crippen molar-refractivity contribution in [2.75, 3.05) is 7.11 Å². The molecule has 116 valence electrons. The van der Waals surface area contributed by atoms with E-state index in [2.05, 4.69) is 32.0 Å². The molecule has 0 aliphatic heterocycles. The Morgan fingerprint density at radius 3 is 2.39 bits per heavy atom. The van der Waals surface area contributed by atoms with Gasteiger partial charge in [-0.15, -0.1) is 0 Å². The molecule has 0 aliphatic rings. The quantitative estimate of drug-likeness (QED) is 0.664. The van der Waals surface area contributed by atoms with Gasteiger partial charge in [0.2, 0.25) is 0 Å². The molecule has 3 nitrogen and oxygen atoms in total. The monoisotopic (exact) mass is 306 g/mol. The van der Waals surface area contributed by atoms with Crippen molar-refractivity contribution in [3.05, 3.63) is 75.1 Å². The molecular formula is C20H18O3. The zero-order valence-corrected chi connectivity index (χ0v) is 13.4. The summed E-state index contributed by atoms with van der Waals surface area (Å²) in [6, 6.07) is 13.3. The van der Waals surface area contributed by atoms with E-state index in [-0.39, 0.29) is 5.63 Å². The van der Waals surface area contributed by atoms with Crippen LogP contribution in [-0.2, 0) is 0 Å². The molecule has 0 radical (unpaired) electrons. The summed E-state index contributed by atoms with van der Waals surface area (Å²) in [6.45, 7) is 4.14. The third-order valence-electron chi connectivity index (χ3n) is 3.68. The summed E-state index contributed by atoms with van der Waals surface area (Å²) in [7, 11) is 1.62. The summed E-state index contributed by atoms with van der Waals surface area (Å²) in [5, 5.41) is 0.851. The summed E-state index contributed by atoms with van der Waals surface area (Å²) in [6.07, 6.45) is 3.95. The molecule has 3 heteroatoms. The highest BCUT2D eigenvalue weighted by atomic mass is 16.5. The first-order valence-corrected chi connectivity index (χ1v) is 7.43. The Morgan fingerprint density at radius 2 is 1.70 bits per heavy atom. The molecule has 1 aromatic heterocycles. The van der Waals surface area contributed by atoms with Crippen LogP contribution in [0.3, 0.4) is 0 Å². The molecule has 0 aliphatic carbocycles. The van der Waals surface area contributed by atoms with Crippen molar-refractivity contribution in [1.82, 2.24) is 0 Å². The van der Waals surface area contributed by atoms with Crippen LogP contribution in [0.5, 0.6) is 5.75 Å². The highest BCUT2D eigenvalue weighted by molar-refractivity contribution is 5.90. The highest BCUT2D eigenvalue weighted by Crippen LogP contribution is 2.24. The lowest BCUT2D eigenvalue weighted by molar-refractivity contribution is 0.415. The van der Waals surface area contributed by atoms with Gasteiger partial charge in [0.1, 0.15) is 11.3 Å². The van der Waals surface area contributed by atoms with E-state index in [9.17, 15) is 4.79 Å². The molecule has 23 heavy (non-hydrogen) atoms. The van der Waals surface area contributed by atoms with Crippen molar-refractivity contribution in [3.63, 3.8) is 0 Å². The Hall–Kier alpha value is -2.81. The van der Waals surface area contributed by atoms with Crippen molar-refractivity contribution in [3.8, 4) is 5.75 Å². The van der Waals surface area contributed by atoms with E-state index >= 15 is 0 Å². The second-order valence-electron chi connectivity index (χ2n) is 5.64. The fourth-order valence-electron chi connectivity index (χ4n) is 2.72. The second-order valence-corrected chi connectivity index (χ2v) is 5.64. The smallest absolute Gasteiger partial charge is 0.336 e. The first-order valence-electron chi connectivity index (χ1n) is 7.43. The average Bonchev–Trinajstić information content (AvgIpc) is 2.51. The molecule has 0 saturated carbocycles. The molecule has 0 atom stereocenters. The van der Waals surface area contributed by atoms with Crippen LogP contribution in [-0.4, -0.2) is 7.11 Å². The number of ether oxygens (including phenoxy) is 1. The third-order valence-corrected chi connectivity index (χ3v) is 3.68. The van der Waals surface area contributed by atoms with Crippen LogP contribution in [0.25, 0.3) is 23.1 Å². The van der Waals surface area contributed by atoms with Crippen LogP contribution in [0, 0.1) is 13.8 Å². The molecule has 0 spiro atoms. The zero-order chi connectivity index (χ0) is 16.4. The van der Waals surface area contributed by atoms with Gasteiger partial charge < -0.3 is 9.15 Å². The van der Waals surface area contributed by atoms with E-state index in [1.807, 2.05) is 18.2 Å². The molecule has 0 bridgehead atoms. The van der Waals surface area contributed by atoms with Gasteiger partial charge in [-0.2, -0.15) is 0 Å². The van der Waals surface area contributed by atoms with Gasteiger partial charge in [0.25, 0.3) is 0 Å². The van der Waals surface area contributed by atoms with E-state index in [1.165, 1.54) is 17.2 Å². The highest BCUT2D eigenvalue weighted by Gasteiger charge is 2.05. The van der Waals surface area contributed by atoms with E-state index in [0.717, 1.165) is 22.3 Å². The van der Waals surface area contributed by atoms with Crippen LogP contribution in [0.1, 0.15) is 22.3 Å². The van der Waals surface area contributed by atoms with Gasteiger partial charge in [0.05, 0.1) is 7.11 Å². The summed E-state index contributed by atoms with van der Waals surface area (Å²) >= 11 is 0. The molecule has 0 unspecified atom stereocenters. The van der Waals surface area contributed by atoms with E-state index < -0.39 is 0 Å². The number of hydrogen-bond donors (Lipinski definition) is 0. The second kappa shape index (κ2) is 6.13. The molecular weight excluding hydrogens is 288 g/mol. The molecule has 3 rings (SSSR count). The first kappa shape index (κ1) is 15.1. The molecule has 1 heterocycles. The van der Waals surface area contributed by atoms with Gasteiger partial charge in [0, 0.05) is 11.5 Å². The molecule has 0 fully saturated rings. The molecule has 0 N–H and O–H groups in total. The average molecular weight is 306 g/mol. The van der Waals surface area contributed by atoms with Crippen molar-refractivity contribution in [1.29, 1.82) is 0 Å². The fraction of sp³-hybridized carbons (Fsp3) is 0.150. The molecule has 2 aromatic carbocycles. The van der Waals surface area contributed by atoms with Crippen LogP contribution in [0.15, 0.2) is 51.7 Å². The first-order chi connectivity index (χ1) is 11.0. The van der Waals surface area contributed by atoms with Crippen molar-refractivity contribution >= 4 is 23.1 Å². The van der Waals surface area contributed by atoms with Crippen LogP contribution in [0.2, 0.25) is 0 Å². The maximum atomic E-state index is 11.7. The maximum Gasteiger partial charge on any atom is 0.336 e. The molecule has 0 saturated heterocycles. The van der Waals surface area contributed by atoms with Gasteiger partial charge in [-0.05, 0) is 43.2 Å². The number of benzene rings is 2. The third kappa shape index (κ3) is 3.34. The minimum Gasteiger partial charge on any atom is -0.497 e. The van der Waals surface area contributed by atoms with Gasteiger partial charge >= 0.3 is 5.63 Å². The van der Waals surface area contributed by atoms with E-state index in [4.69, 9.17) is 9.15 Å². The minimum atomic E-state index is -0.359. The summed E-state index contributed by atoms with van der Waals surface area (Å²) in [5.74, 6) is 0.729. The SMILES string of the molecule is COc1ccc2oc(=O)cc(/C=C/c3cc(C)cc(C)c3)c2c1. The normalized spacial score (nSPS) is 11.3. The maximum absolute atomic E-state index is 11.7. The Balaban J connectivity index is 2.11. The summed E-state index contributed by atoms with van der Waals surface area (Å²) < 4.78 is 10.5. The standard InChI is InChI=1S/C20H18O3/c1-13-8-14(2)10-15(9-13)4-5-16-11-20(21)23-19-7-6-17(22-3)12-18(16)19/h4-12H,1-3H3/b5-4+. The molecule has 3 aromatic rings. The van der Waals surface area contributed by atoms with Gasteiger partial charge in [-0.1, -0.05) is 41.5 Å². The van der Waals surface area contributed by atoms with Crippen molar-refractivity contribution in [2.24, 2.45) is 0 Å². The number of aryl methyl sites for hydroxylation is 2. The van der Waals surface area contributed by atoms with E-state index in [0.29, 0.717) is 5.58 Å². The zero-order valence-electron chi connectivity index (χ0n) is 13.4. The Labute approximate surface area is 134 Å². The molecule has 0 amide bonds. The van der Waals surface area contributed by atoms with Crippen LogP contribution >= 0.6 is 0 Å². The predicted octanol–water partition coefficient (Wildman–Crippen LogP) is 4.59. The number of hydrogen-bond acceptors (Lipinski definition) is 3. The lowest BCUT2D eigenvalue weighted by Crippen LogP contribution is -1.98.